The van der Waals surface area contributed by atoms with Crippen LogP contribution >= 0.6 is 0 Å². The zero-order valence-corrected chi connectivity index (χ0v) is 10.7. The third kappa shape index (κ3) is 2.16. The minimum absolute atomic E-state index is 0.344. The maximum absolute atomic E-state index is 4.60. The lowest BCUT2D eigenvalue weighted by Gasteiger charge is -2.07. The summed E-state index contributed by atoms with van der Waals surface area (Å²) in [6.07, 6.45) is 0. The van der Waals surface area contributed by atoms with E-state index < -0.39 is 0 Å². The summed E-state index contributed by atoms with van der Waals surface area (Å²) in [5, 5.41) is 7.62. The molecule has 1 heterocycles. The Balaban J connectivity index is 2.52. The van der Waals surface area contributed by atoms with Crippen molar-refractivity contribution in [3.05, 3.63) is 30.1 Å². The number of hydrogen-bond acceptors (Lipinski definition) is 3. The molecular weight excluding hydrogens is 212 g/mol. The predicted molar refractivity (Wildman–Crippen MR) is 70.1 cm³/mol. The number of rotatable bonds is 3. The minimum atomic E-state index is 0.344. The Kier molecular flexibility index (Phi) is 3.13. The summed E-state index contributed by atoms with van der Waals surface area (Å²) < 4.78 is 1.84. The van der Waals surface area contributed by atoms with E-state index in [0.29, 0.717) is 5.92 Å². The third-order valence-corrected chi connectivity index (χ3v) is 2.73. The molecule has 1 aromatic heterocycles. The highest BCUT2D eigenvalue weighted by atomic mass is 15.3. The fourth-order valence-electron chi connectivity index (χ4n) is 1.78. The van der Waals surface area contributed by atoms with Crippen LogP contribution < -0.4 is 5.32 Å². The molecule has 0 spiro atoms. The van der Waals surface area contributed by atoms with Gasteiger partial charge in [-0.1, -0.05) is 26.0 Å². The van der Waals surface area contributed by atoms with Crippen LogP contribution in [-0.4, -0.2) is 21.8 Å². The standard InChI is InChI=1S/C13H18N4/c1-9(2)12-15-13(17(4)16-12)10-7-5-6-8-11(10)14-3/h5-9,14H,1-4H3. The lowest BCUT2D eigenvalue weighted by molar-refractivity contribution is 0.712. The van der Waals surface area contributed by atoms with Crippen molar-refractivity contribution in [3.63, 3.8) is 0 Å². The van der Waals surface area contributed by atoms with Crippen molar-refractivity contribution in [1.29, 1.82) is 0 Å². The Bertz CT molecular complexity index is 514. The average molecular weight is 230 g/mol. The highest BCUT2D eigenvalue weighted by Gasteiger charge is 2.13. The molecule has 0 radical (unpaired) electrons. The molecule has 0 amide bonds. The van der Waals surface area contributed by atoms with Crippen LogP contribution in [0.3, 0.4) is 0 Å². The Labute approximate surface area is 102 Å². The van der Waals surface area contributed by atoms with Crippen LogP contribution in [-0.2, 0) is 7.05 Å². The molecule has 90 valence electrons. The average Bonchev–Trinajstić information content (AvgIpc) is 2.71. The van der Waals surface area contributed by atoms with Gasteiger partial charge in [-0.15, -0.1) is 0 Å². The minimum Gasteiger partial charge on any atom is -0.388 e. The summed E-state index contributed by atoms with van der Waals surface area (Å²) in [7, 11) is 3.85. The van der Waals surface area contributed by atoms with E-state index in [9.17, 15) is 0 Å². The van der Waals surface area contributed by atoms with Gasteiger partial charge in [0.1, 0.15) is 0 Å². The van der Waals surface area contributed by atoms with Crippen LogP contribution in [0.2, 0.25) is 0 Å². The van der Waals surface area contributed by atoms with Crippen molar-refractivity contribution in [1.82, 2.24) is 14.8 Å². The monoisotopic (exact) mass is 230 g/mol. The van der Waals surface area contributed by atoms with Crippen molar-refractivity contribution in [3.8, 4) is 11.4 Å². The first-order chi connectivity index (χ1) is 8.13. The summed E-state index contributed by atoms with van der Waals surface area (Å²) in [6, 6.07) is 8.12. The fourth-order valence-corrected chi connectivity index (χ4v) is 1.78. The molecule has 1 N–H and O–H groups in total. The van der Waals surface area contributed by atoms with Gasteiger partial charge in [0, 0.05) is 31.3 Å². The first-order valence-corrected chi connectivity index (χ1v) is 5.81. The summed E-state index contributed by atoms with van der Waals surface area (Å²) in [6.45, 7) is 4.20. The molecule has 0 bridgehead atoms. The Hall–Kier alpha value is -1.84. The first kappa shape index (κ1) is 11.6. The number of aromatic nitrogens is 3. The van der Waals surface area contributed by atoms with Crippen molar-refractivity contribution >= 4 is 5.69 Å². The molecule has 4 heteroatoms. The molecule has 2 aromatic rings. The van der Waals surface area contributed by atoms with Crippen molar-refractivity contribution in [2.75, 3.05) is 12.4 Å². The third-order valence-electron chi connectivity index (χ3n) is 2.73. The highest BCUT2D eigenvalue weighted by Crippen LogP contribution is 2.26. The Morgan fingerprint density at radius 2 is 1.94 bits per heavy atom. The van der Waals surface area contributed by atoms with Gasteiger partial charge >= 0.3 is 0 Å². The second-order valence-corrected chi connectivity index (χ2v) is 4.37. The molecule has 0 atom stereocenters. The summed E-state index contributed by atoms with van der Waals surface area (Å²) in [5.74, 6) is 2.13. The van der Waals surface area contributed by atoms with Crippen LogP contribution in [0, 0.1) is 0 Å². The van der Waals surface area contributed by atoms with Crippen LogP contribution in [0.4, 0.5) is 5.69 Å². The number of aryl methyl sites for hydroxylation is 1. The molecule has 1 aromatic carbocycles. The molecule has 0 saturated heterocycles. The Morgan fingerprint density at radius 1 is 1.24 bits per heavy atom. The summed E-state index contributed by atoms with van der Waals surface area (Å²) in [4.78, 5) is 4.60. The largest absolute Gasteiger partial charge is 0.388 e. The zero-order valence-electron chi connectivity index (χ0n) is 10.7. The number of hydrogen-bond donors (Lipinski definition) is 1. The van der Waals surface area contributed by atoms with E-state index in [1.54, 1.807) is 0 Å². The summed E-state index contributed by atoms with van der Waals surface area (Å²) >= 11 is 0. The van der Waals surface area contributed by atoms with Gasteiger partial charge in [0.2, 0.25) is 0 Å². The van der Waals surface area contributed by atoms with E-state index in [1.807, 2.05) is 37.0 Å². The van der Waals surface area contributed by atoms with Crippen molar-refractivity contribution in [2.45, 2.75) is 19.8 Å². The molecule has 0 aliphatic heterocycles. The van der Waals surface area contributed by atoms with Gasteiger partial charge in [-0.05, 0) is 12.1 Å². The number of benzene rings is 1. The zero-order chi connectivity index (χ0) is 12.4. The van der Waals surface area contributed by atoms with Gasteiger partial charge in [-0.3, -0.25) is 0 Å². The smallest absolute Gasteiger partial charge is 0.160 e. The lowest BCUT2D eigenvalue weighted by atomic mass is 10.1. The molecule has 0 saturated carbocycles. The van der Waals surface area contributed by atoms with Gasteiger partial charge in [0.15, 0.2) is 11.6 Å². The molecular formula is C13H18N4. The van der Waals surface area contributed by atoms with Crippen LogP contribution in [0.15, 0.2) is 24.3 Å². The Morgan fingerprint density at radius 3 is 2.53 bits per heavy atom. The molecule has 2 rings (SSSR count). The lowest BCUT2D eigenvalue weighted by Crippen LogP contribution is -1.98. The fraction of sp³-hybridized carbons (Fsp3) is 0.385. The van der Waals surface area contributed by atoms with E-state index in [0.717, 1.165) is 22.9 Å². The van der Waals surface area contributed by atoms with Gasteiger partial charge in [0.05, 0.1) is 0 Å². The van der Waals surface area contributed by atoms with Gasteiger partial charge in [-0.25, -0.2) is 9.67 Å². The SMILES string of the molecule is CNc1ccccc1-c1nc(C(C)C)nn1C. The maximum Gasteiger partial charge on any atom is 0.160 e. The number of anilines is 1. The van der Waals surface area contributed by atoms with Crippen LogP contribution in [0.1, 0.15) is 25.6 Å². The second-order valence-electron chi connectivity index (χ2n) is 4.37. The van der Waals surface area contributed by atoms with Gasteiger partial charge < -0.3 is 5.32 Å². The quantitative estimate of drug-likeness (QED) is 0.881. The molecule has 0 unspecified atom stereocenters. The van der Waals surface area contributed by atoms with Crippen LogP contribution in [0.25, 0.3) is 11.4 Å². The van der Waals surface area contributed by atoms with Gasteiger partial charge in [0.25, 0.3) is 0 Å². The van der Waals surface area contributed by atoms with Crippen LogP contribution in [0.5, 0.6) is 0 Å². The molecule has 0 aliphatic rings. The predicted octanol–water partition coefficient (Wildman–Crippen LogP) is 2.65. The number of nitrogens with zero attached hydrogens (tertiary/aromatic N) is 3. The first-order valence-electron chi connectivity index (χ1n) is 5.81. The van der Waals surface area contributed by atoms with Crippen molar-refractivity contribution in [2.24, 2.45) is 7.05 Å². The van der Waals surface area contributed by atoms with E-state index in [1.165, 1.54) is 0 Å². The van der Waals surface area contributed by atoms with E-state index in [-0.39, 0.29) is 0 Å². The van der Waals surface area contributed by atoms with E-state index in [2.05, 4.69) is 35.3 Å². The number of para-hydroxylation sites is 1. The van der Waals surface area contributed by atoms with E-state index in [4.69, 9.17) is 0 Å². The molecule has 0 aliphatic carbocycles. The van der Waals surface area contributed by atoms with Crippen molar-refractivity contribution < 1.29 is 0 Å². The molecule has 4 nitrogen and oxygen atoms in total. The van der Waals surface area contributed by atoms with E-state index >= 15 is 0 Å². The topological polar surface area (TPSA) is 42.7 Å². The normalized spacial score (nSPS) is 10.9. The molecule has 17 heavy (non-hydrogen) atoms. The second kappa shape index (κ2) is 4.57. The highest BCUT2D eigenvalue weighted by molar-refractivity contribution is 5.73. The van der Waals surface area contributed by atoms with Gasteiger partial charge in [-0.2, -0.15) is 5.10 Å². The number of nitrogens with one attached hydrogen (secondary N) is 1. The maximum atomic E-state index is 4.60. The summed E-state index contributed by atoms with van der Waals surface area (Å²) in [5.41, 5.74) is 2.15. The molecule has 0 fully saturated rings.